The molecular formula is C28H31BrN2O3. The molecule has 178 valence electrons. The molecule has 0 saturated carbocycles. The average molecular weight is 523 g/mol. The predicted molar refractivity (Wildman–Crippen MR) is 139 cm³/mol. The summed E-state index contributed by atoms with van der Waals surface area (Å²) >= 11 is 3.46. The largest absolute Gasteiger partial charge is 0.484 e. The topological polar surface area (TPSA) is 58.6 Å². The Balaban J connectivity index is 1.90. The summed E-state index contributed by atoms with van der Waals surface area (Å²) in [5, 5.41) is 2.99. The Labute approximate surface area is 210 Å². The molecule has 1 atom stereocenters. The van der Waals surface area contributed by atoms with E-state index < -0.39 is 6.04 Å². The van der Waals surface area contributed by atoms with Crippen LogP contribution in [0.15, 0.2) is 83.3 Å². The molecule has 0 bridgehead atoms. The SMILES string of the molecule is Cc1cccc(OCC(=O)N(Cc2ccc(Br)cc2)[C@H](Cc2ccccc2)C(=O)NC(C)C)c1. The molecule has 0 aliphatic carbocycles. The van der Waals surface area contributed by atoms with E-state index in [1.54, 1.807) is 4.90 Å². The summed E-state index contributed by atoms with van der Waals surface area (Å²) in [4.78, 5) is 28.4. The minimum absolute atomic E-state index is 0.0426. The lowest BCUT2D eigenvalue weighted by atomic mass is 10.0. The van der Waals surface area contributed by atoms with Crippen molar-refractivity contribution in [2.75, 3.05) is 6.61 Å². The summed E-state index contributed by atoms with van der Waals surface area (Å²) in [5.74, 6) is 0.201. The van der Waals surface area contributed by atoms with Crippen molar-refractivity contribution in [3.05, 3.63) is 100 Å². The minimum Gasteiger partial charge on any atom is -0.484 e. The van der Waals surface area contributed by atoms with E-state index in [4.69, 9.17) is 4.74 Å². The van der Waals surface area contributed by atoms with E-state index in [0.29, 0.717) is 18.7 Å². The Morgan fingerprint density at radius 1 is 0.941 bits per heavy atom. The summed E-state index contributed by atoms with van der Waals surface area (Å²) in [6, 6.07) is 24.4. The Kier molecular flexibility index (Phi) is 9.28. The van der Waals surface area contributed by atoms with E-state index in [1.165, 1.54) is 0 Å². The lowest BCUT2D eigenvalue weighted by Crippen LogP contribution is -2.52. The molecule has 5 nitrogen and oxygen atoms in total. The highest BCUT2D eigenvalue weighted by Gasteiger charge is 2.31. The Hall–Kier alpha value is -3.12. The highest BCUT2D eigenvalue weighted by Crippen LogP contribution is 2.18. The third-order valence-corrected chi connectivity index (χ3v) is 5.85. The molecule has 0 aromatic heterocycles. The standard InChI is InChI=1S/C28H31BrN2O3/c1-20(2)30-28(33)26(17-22-9-5-4-6-10-22)31(18-23-12-14-24(29)15-13-23)27(32)19-34-25-11-7-8-21(3)16-25/h4-16,20,26H,17-19H2,1-3H3,(H,30,33)/t26-/m1/s1. The van der Waals surface area contributed by atoms with E-state index in [-0.39, 0.29) is 24.5 Å². The van der Waals surface area contributed by atoms with Crippen molar-refractivity contribution < 1.29 is 14.3 Å². The summed E-state index contributed by atoms with van der Waals surface area (Å²) < 4.78 is 6.77. The van der Waals surface area contributed by atoms with Gasteiger partial charge in [-0.3, -0.25) is 9.59 Å². The second-order valence-electron chi connectivity index (χ2n) is 8.62. The van der Waals surface area contributed by atoms with Gasteiger partial charge in [0.05, 0.1) is 0 Å². The van der Waals surface area contributed by atoms with Crippen LogP contribution >= 0.6 is 15.9 Å². The van der Waals surface area contributed by atoms with Gasteiger partial charge in [-0.25, -0.2) is 0 Å². The first kappa shape index (κ1) is 25.5. The molecule has 3 aromatic carbocycles. The van der Waals surface area contributed by atoms with Crippen LogP contribution in [0.25, 0.3) is 0 Å². The Bertz CT molecular complexity index is 1080. The third kappa shape index (κ3) is 7.73. The van der Waals surface area contributed by atoms with E-state index >= 15 is 0 Å². The average Bonchev–Trinajstić information content (AvgIpc) is 2.81. The summed E-state index contributed by atoms with van der Waals surface area (Å²) in [6.45, 7) is 5.95. The lowest BCUT2D eigenvalue weighted by molar-refractivity contribution is -0.143. The summed E-state index contributed by atoms with van der Waals surface area (Å²) in [6.07, 6.45) is 0.409. The van der Waals surface area contributed by atoms with Crippen molar-refractivity contribution in [3.8, 4) is 5.75 Å². The number of halogens is 1. The van der Waals surface area contributed by atoms with Crippen molar-refractivity contribution in [1.82, 2.24) is 10.2 Å². The van der Waals surface area contributed by atoms with Gasteiger partial charge >= 0.3 is 0 Å². The maximum absolute atomic E-state index is 13.5. The smallest absolute Gasteiger partial charge is 0.261 e. The van der Waals surface area contributed by atoms with E-state index in [1.807, 2.05) is 99.6 Å². The van der Waals surface area contributed by atoms with Crippen molar-refractivity contribution in [3.63, 3.8) is 0 Å². The van der Waals surface area contributed by atoms with Gasteiger partial charge in [0, 0.05) is 23.5 Å². The molecule has 0 unspecified atom stereocenters. The van der Waals surface area contributed by atoms with E-state index in [2.05, 4.69) is 21.2 Å². The first-order chi connectivity index (χ1) is 16.3. The van der Waals surface area contributed by atoms with Gasteiger partial charge in [0.15, 0.2) is 6.61 Å². The molecule has 0 radical (unpaired) electrons. The van der Waals surface area contributed by atoms with Gasteiger partial charge in [0.2, 0.25) is 5.91 Å². The fraction of sp³-hybridized carbons (Fsp3) is 0.286. The molecule has 6 heteroatoms. The van der Waals surface area contributed by atoms with Gasteiger partial charge in [-0.05, 0) is 61.7 Å². The summed E-state index contributed by atoms with van der Waals surface area (Å²) in [7, 11) is 0. The predicted octanol–water partition coefficient (Wildman–Crippen LogP) is 5.30. The van der Waals surface area contributed by atoms with E-state index in [9.17, 15) is 9.59 Å². The number of nitrogens with zero attached hydrogens (tertiary/aromatic N) is 1. The molecule has 0 fully saturated rings. The van der Waals surface area contributed by atoms with Crippen molar-refractivity contribution in [2.45, 2.75) is 45.8 Å². The van der Waals surface area contributed by atoms with Crippen molar-refractivity contribution in [1.29, 1.82) is 0 Å². The molecule has 34 heavy (non-hydrogen) atoms. The van der Waals surface area contributed by atoms with Gasteiger partial charge in [-0.1, -0.05) is 70.5 Å². The van der Waals surface area contributed by atoms with Crippen molar-refractivity contribution in [2.24, 2.45) is 0 Å². The number of hydrogen-bond donors (Lipinski definition) is 1. The minimum atomic E-state index is -0.679. The van der Waals surface area contributed by atoms with Crippen molar-refractivity contribution >= 4 is 27.7 Å². The van der Waals surface area contributed by atoms with Gasteiger partial charge in [0.1, 0.15) is 11.8 Å². The number of aryl methyl sites for hydroxylation is 1. The number of benzene rings is 3. The number of carbonyl (C=O) groups is 2. The highest BCUT2D eigenvalue weighted by atomic mass is 79.9. The maximum atomic E-state index is 13.5. The molecule has 3 rings (SSSR count). The Morgan fingerprint density at radius 2 is 1.65 bits per heavy atom. The van der Waals surface area contributed by atoms with Crippen LogP contribution in [0.3, 0.4) is 0 Å². The monoisotopic (exact) mass is 522 g/mol. The molecule has 0 saturated heterocycles. The zero-order valence-corrected chi connectivity index (χ0v) is 21.4. The van der Waals surface area contributed by atoms with Gasteiger partial charge in [-0.2, -0.15) is 0 Å². The van der Waals surface area contributed by atoms with Crippen LogP contribution in [0.1, 0.15) is 30.5 Å². The molecule has 0 aliphatic rings. The van der Waals surface area contributed by atoms with Crippen LogP contribution in [0.2, 0.25) is 0 Å². The van der Waals surface area contributed by atoms with Gasteiger partial charge < -0.3 is 15.0 Å². The van der Waals surface area contributed by atoms with Crippen LogP contribution in [-0.4, -0.2) is 35.4 Å². The molecule has 2 amide bonds. The molecule has 1 N–H and O–H groups in total. The molecular weight excluding hydrogens is 492 g/mol. The fourth-order valence-electron chi connectivity index (χ4n) is 3.65. The zero-order chi connectivity index (χ0) is 24.5. The molecule has 3 aromatic rings. The normalized spacial score (nSPS) is 11.7. The van der Waals surface area contributed by atoms with Gasteiger partial charge in [-0.15, -0.1) is 0 Å². The first-order valence-electron chi connectivity index (χ1n) is 11.4. The van der Waals surface area contributed by atoms with Crippen LogP contribution in [0, 0.1) is 6.92 Å². The van der Waals surface area contributed by atoms with Gasteiger partial charge in [0.25, 0.3) is 5.91 Å². The number of rotatable bonds is 10. The first-order valence-corrected chi connectivity index (χ1v) is 12.2. The highest BCUT2D eigenvalue weighted by molar-refractivity contribution is 9.10. The van der Waals surface area contributed by atoms with E-state index in [0.717, 1.165) is 21.2 Å². The maximum Gasteiger partial charge on any atom is 0.261 e. The Morgan fingerprint density at radius 3 is 2.29 bits per heavy atom. The lowest BCUT2D eigenvalue weighted by Gasteiger charge is -2.32. The molecule has 0 spiro atoms. The molecule has 0 aliphatic heterocycles. The quantitative estimate of drug-likeness (QED) is 0.393. The fourth-order valence-corrected chi connectivity index (χ4v) is 3.92. The number of ether oxygens (including phenoxy) is 1. The number of nitrogens with one attached hydrogen (secondary N) is 1. The van der Waals surface area contributed by atoms with Crippen LogP contribution < -0.4 is 10.1 Å². The van der Waals surface area contributed by atoms with Crippen LogP contribution in [-0.2, 0) is 22.6 Å². The number of hydrogen-bond acceptors (Lipinski definition) is 3. The van der Waals surface area contributed by atoms with Crippen LogP contribution in [0.4, 0.5) is 0 Å². The second-order valence-corrected chi connectivity index (χ2v) is 9.54. The number of amides is 2. The van der Waals surface area contributed by atoms with Crippen LogP contribution in [0.5, 0.6) is 5.75 Å². The second kappa shape index (κ2) is 12.4. The number of carbonyl (C=O) groups excluding carboxylic acids is 2. The molecule has 0 heterocycles. The summed E-state index contributed by atoms with van der Waals surface area (Å²) in [5.41, 5.74) is 2.97. The third-order valence-electron chi connectivity index (χ3n) is 5.32. The zero-order valence-electron chi connectivity index (χ0n) is 19.8.